The molecule has 1 unspecified atom stereocenters. The minimum absolute atomic E-state index is 0.535. The van der Waals surface area contributed by atoms with Crippen molar-refractivity contribution in [2.75, 3.05) is 24.5 Å². The number of hydrogen-bond donors (Lipinski definition) is 0. The van der Waals surface area contributed by atoms with E-state index < -0.39 is 0 Å². The SMILES string of the molecule is C[C@@H]1CN(c2ccc(C#N)c3ncccc23)C[C@@H]2C[C@H](C3CCc4cc(C5CCCCCCC5)ccc4C3)CN21. The van der Waals surface area contributed by atoms with Gasteiger partial charge in [-0.15, -0.1) is 0 Å². The fourth-order valence-electron chi connectivity index (χ4n) is 8.76. The van der Waals surface area contributed by atoms with Gasteiger partial charge in [0.2, 0.25) is 0 Å². The average molecular weight is 533 g/mol. The molecule has 1 saturated carbocycles. The Morgan fingerprint density at radius 3 is 2.58 bits per heavy atom. The maximum atomic E-state index is 9.60. The summed E-state index contributed by atoms with van der Waals surface area (Å²) < 4.78 is 0. The second-order valence-corrected chi connectivity index (χ2v) is 13.3. The third kappa shape index (κ3) is 4.92. The number of anilines is 1. The molecular formula is C36H44N4. The molecule has 1 aromatic heterocycles. The number of nitriles is 1. The average Bonchev–Trinajstić information content (AvgIpc) is 3.41. The second kappa shape index (κ2) is 11.2. The van der Waals surface area contributed by atoms with E-state index in [0.717, 1.165) is 41.7 Å². The summed E-state index contributed by atoms with van der Waals surface area (Å²) in [4.78, 5) is 9.96. The highest BCUT2D eigenvalue weighted by atomic mass is 15.3. The molecule has 4 heteroatoms. The van der Waals surface area contributed by atoms with E-state index in [1.165, 1.54) is 82.9 Å². The predicted octanol–water partition coefficient (Wildman–Crippen LogP) is 7.64. The fourth-order valence-corrected chi connectivity index (χ4v) is 8.76. The van der Waals surface area contributed by atoms with Crippen LogP contribution in [-0.4, -0.2) is 41.6 Å². The molecule has 2 aromatic carbocycles. The van der Waals surface area contributed by atoms with Crippen molar-refractivity contribution in [3.63, 3.8) is 0 Å². The quantitative estimate of drug-likeness (QED) is 0.348. The van der Waals surface area contributed by atoms with Crippen LogP contribution in [-0.2, 0) is 12.8 Å². The maximum absolute atomic E-state index is 9.60. The van der Waals surface area contributed by atoms with Gasteiger partial charge >= 0.3 is 0 Å². The number of fused-ring (bicyclic) bond motifs is 3. The Hall–Kier alpha value is -2.90. The van der Waals surface area contributed by atoms with E-state index in [2.05, 4.69) is 58.1 Å². The summed E-state index contributed by atoms with van der Waals surface area (Å²) in [5, 5.41) is 10.7. The van der Waals surface area contributed by atoms with Crippen LogP contribution in [0.15, 0.2) is 48.7 Å². The topological polar surface area (TPSA) is 43.2 Å². The van der Waals surface area contributed by atoms with Crippen LogP contribution in [0.4, 0.5) is 5.69 Å². The number of rotatable bonds is 3. The zero-order valence-electron chi connectivity index (χ0n) is 24.2. The number of benzene rings is 2. The molecule has 3 fully saturated rings. The highest BCUT2D eigenvalue weighted by molar-refractivity contribution is 5.95. The first-order valence-corrected chi connectivity index (χ1v) is 16.1. The van der Waals surface area contributed by atoms with Gasteiger partial charge in [-0.3, -0.25) is 9.88 Å². The Morgan fingerprint density at radius 2 is 1.73 bits per heavy atom. The first-order chi connectivity index (χ1) is 19.7. The molecule has 2 aliphatic carbocycles. The zero-order chi connectivity index (χ0) is 27.1. The lowest BCUT2D eigenvalue weighted by molar-refractivity contribution is 0.160. The molecule has 40 heavy (non-hydrogen) atoms. The van der Waals surface area contributed by atoms with Gasteiger partial charge in [-0.1, -0.05) is 50.3 Å². The molecule has 0 N–H and O–H groups in total. The van der Waals surface area contributed by atoms with E-state index in [0.29, 0.717) is 17.6 Å². The van der Waals surface area contributed by atoms with E-state index in [-0.39, 0.29) is 0 Å². The van der Waals surface area contributed by atoms with Gasteiger partial charge in [0.1, 0.15) is 6.07 Å². The van der Waals surface area contributed by atoms with Crippen molar-refractivity contribution in [2.24, 2.45) is 11.8 Å². The lowest BCUT2D eigenvalue weighted by atomic mass is 9.75. The third-order valence-corrected chi connectivity index (χ3v) is 10.9. The van der Waals surface area contributed by atoms with Gasteiger partial charge < -0.3 is 4.90 Å². The summed E-state index contributed by atoms with van der Waals surface area (Å²) in [5.74, 6) is 2.40. The van der Waals surface area contributed by atoms with Gasteiger partial charge in [0.25, 0.3) is 0 Å². The Bertz CT molecular complexity index is 1400. The number of aromatic nitrogens is 1. The molecule has 4 atom stereocenters. The van der Waals surface area contributed by atoms with E-state index in [1.54, 1.807) is 22.9 Å². The van der Waals surface area contributed by atoms with Crippen LogP contribution >= 0.6 is 0 Å². The standard InChI is InChI=1S/C36H44N4/c1-25-22-39(35-16-15-31(21-37)36-34(35)10-7-17-38-36)24-33-20-32(23-40(25)33)30-14-13-28-18-27(11-12-29(28)19-30)26-8-5-3-2-4-6-9-26/h7,10-12,15-18,25-26,30,32-33H,2-6,8-9,13-14,19-20,22-24H2,1H3/t25-,30?,32+,33+/m1/s1. The highest BCUT2D eigenvalue weighted by Crippen LogP contribution is 2.42. The lowest BCUT2D eigenvalue weighted by Crippen LogP contribution is -2.55. The van der Waals surface area contributed by atoms with Crippen LogP contribution in [0.3, 0.4) is 0 Å². The van der Waals surface area contributed by atoms with Gasteiger partial charge in [-0.2, -0.15) is 5.26 Å². The van der Waals surface area contributed by atoms with Gasteiger partial charge in [-0.25, -0.2) is 0 Å². The van der Waals surface area contributed by atoms with Crippen LogP contribution in [0.5, 0.6) is 0 Å². The molecule has 2 saturated heterocycles. The Kier molecular flexibility index (Phi) is 7.27. The van der Waals surface area contributed by atoms with E-state index in [4.69, 9.17) is 0 Å². The lowest BCUT2D eigenvalue weighted by Gasteiger charge is -2.43. The molecule has 0 spiro atoms. The zero-order valence-corrected chi connectivity index (χ0v) is 24.2. The van der Waals surface area contributed by atoms with E-state index in [9.17, 15) is 5.26 Å². The van der Waals surface area contributed by atoms with Gasteiger partial charge in [-0.05, 0) is 104 Å². The van der Waals surface area contributed by atoms with E-state index >= 15 is 0 Å². The van der Waals surface area contributed by atoms with Crippen LogP contribution in [0.25, 0.3) is 10.9 Å². The molecule has 208 valence electrons. The number of hydrogen-bond acceptors (Lipinski definition) is 4. The van der Waals surface area contributed by atoms with Crippen LogP contribution < -0.4 is 4.90 Å². The molecule has 4 aliphatic rings. The van der Waals surface area contributed by atoms with Crippen LogP contribution in [0.2, 0.25) is 0 Å². The largest absolute Gasteiger partial charge is 0.368 e. The Balaban J connectivity index is 1.04. The summed E-state index contributed by atoms with van der Waals surface area (Å²) in [5.41, 5.74) is 7.68. The maximum Gasteiger partial charge on any atom is 0.101 e. The van der Waals surface area contributed by atoms with E-state index in [1.807, 2.05) is 12.1 Å². The Morgan fingerprint density at radius 1 is 0.875 bits per heavy atom. The van der Waals surface area contributed by atoms with Crippen LogP contribution in [0.1, 0.15) is 92.9 Å². The molecule has 7 rings (SSSR count). The number of piperazine rings is 1. The number of pyridine rings is 1. The monoisotopic (exact) mass is 532 g/mol. The molecule has 3 heterocycles. The normalized spacial score (nSPS) is 27.9. The van der Waals surface area contributed by atoms with Crippen LogP contribution in [0, 0.1) is 23.2 Å². The molecule has 2 aliphatic heterocycles. The molecule has 0 radical (unpaired) electrons. The highest BCUT2D eigenvalue weighted by Gasteiger charge is 2.43. The van der Waals surface area contributed by atoms with Crippen molar-refractivity contribution < 1.29 is 0 Å². The van der Waals surface area contributed by atoms with Gasteiger partial charge in [0, 0.05) is 49.0 Å². The summed E-state index contributed by atoms with van der Waals surface area (Å²) in [6.45, 7) is 5.79. The predicted molar refractivity (Wildman–Crippen MR) is 164 cm³/mol. The van der Waals surface area contributed by atoms with Crippen molar-refractivity contribution >= 4 is 16.6 Å². The van der Waals surface area contributed by atoms with Crippen molar-refractivity contribution in [1.29, 1.82) is 5.26 Å². The number of nitrogens with zero attached hydrogens (tertiary/aromatic N) is 4. The minimum Gasteiger partial charge on any atom is -0.368 e. The summed E-state index contributed by atoms with van der Waals surface area (Å²) in [6, 6.07) is 19.4. The molecule has 4 nitrogen and oxygen atoms in total. The summed E-state index contributed by atoms with van der Waals surface area (Å²) in [7, 11) is 0. The molecule has 0 bridgehead atoms. The van der Waals surface area contributed by atoms with Crippen molar-refractivity contribution in [1.82, 2.24) is 9.88 Å². The fraction of sp³-hybridized carbons (Fsp3) is 0.556. The summed E-state index contributed by atoms with van der Waals surface area (Å²) >= 11 is 0. The van der Waals surface area contributed by atoms with Gasteiger partial charge in [0.05, 0.1) is 11.1 Å². The number of aryl methyl sites for hydroxylation is 1. The second-order valence-electron chi connectivity index (χ2n) is 13.3. The van der Waals surface area contributed by atoms with Gasteiger partial charge in [0.15, 0.2) is 0 Å². The van der Waals surface area contributed by atoms with Crippen molar-refractivity contribution in [3.8, 4) is 6.07 Å². The molecular weight excluding hydrogens is 488 g/mol. The van der Waals surface area contributed by atoms with Crippen molar-refractivity contribution in [2.45, 2.75) is 95.6 Å². The molecule has 3 aromatic rings. The Labute approximate surface area is 240 Å². The molecule has 0 amide bonds. The first kappa shape index (κ1) is 26.0. The third-order valence-electron chi connectivity index (χ3n) is 10.9. The first-order valence-electron chi connectivity index (χ1n) is 16.1. The summed E-state index contributed by atoms with van der Waals surface area (Å²) in [6.07, 6.45) is 16.9. The minimum atomic E-state index is 0.535. The van der Waals surface area contributed by atoms with Crippen molar-refractivity contribution in [3.05, 3.63) is 70.9 Å². The smallest absolute Gasteiger partial charge is 0.101 e.